The minimum absolute atomic E-state index is 0.125. The van der Waals surface area contributed by atoms with Crippen LogP contribution in [0.25, 0.3) is 0 Å². The first-order valence-electron chi connectivity index (χ1n) is 11.1. The number of allylic oxidation sites excluding steroid dienone is 3. The summed E-state index contributed by atoms with van der Waals surface area (Å²) in [6.45, 7) is 8.13. The summed E-state index contributed by atoms with van der Waals surface area (Å²) in [5.41, 5.74) is -0.661. The summed E-state index contributed by atoms with van der Waals surface area (Å²) in [6, 6.07) is 0. The van der Waals surface area contributed by atoms with Crippen molar-refractivity contribution in [2.75, 3.05) is 7.11 Å². The number of carbonyl (C=O) groups is 1. The van der Waals surface area contributed by atoms with Gasteiger partial charge in [0.25, 0.3) is 0 Å². The number of esters is 1. The molecule has 0 aromatic heterocycles. The van der Waals surface area contributed by atoms with Crippen molar-refractivity contribution >= 4 is 5.97 Å². The number of rotatable bonds is 12. The van der Waals surface area contributed by atoms with Gasteiger partial charge in [-0.2, -0.15) is 0 Å². The van der Waals surface area contributed by atoms with Gasteiger partial charge in [-0.3, -0.25) is 4.79 Å². The van der Waals surface area contributed by atoms with Crippen molar-refractivity contribution in [3.05, 3.63) is 24.3 Å². The van der Waals surface area contributed by atoms with Crippen molar-refractivity contribution < 1.29 is 14.6 Å². The zero-order chi connectivity index (χ0) is 20.5. The highest BCUT2D eigenvalue weighted by Gasteiger charge is 2.25. The molecular weight excluding hydrogens is 336 g/mol. The molecule has 0 saturated heterocycles. The molecule has 3 atom stereocenters. The van der Waals surface area contributed by atoms with Gasteiger partial charge in [-0.25, -0.2) is 0 Å². The monoisotopic (exact) mass is 380 g/mol. The Labute approximate surface area is 168 Å². The molecule has 0 bridgehead atoms. The van der Waals surface area contributed by atoms with Crippen LogP contribution < -0.4 is 0 Å². The van der Waals surface area contributed by atoms with Gasteiger partial charge in [0.1, 0.15) is 0 Å². The van der Waals surface area contributed by atoms with Gasteiger partial charge in [-0.05, 0) is 57.3 Å². The lowest BCUT2D eigenvalue weighted by Crippen LogP contribution is -2.21. The predicted octanol–water partition coefficient (Wildman–Crippen LogP) is 6.61. The highest BCUT2D eigenvalue weighted by molar-refractivity contribution is 5.69. The molecule has 3 nitrogen and oxygen atoms in total. The van der Waals surface area contributed by atoms with Crippen LogP contribution in [0.2, 0.25) is 0 Å². The van der Waals surface area contributed by atoms with E-state index in [0.29, 0.717) is 18.3 Å². The standard InChI is InChI=1S/C22H38O3.C2H6/c1-4-5-10-17-22(2,24)18-16-20-14-11-13-19(20)12-8-6-7-9-15-21(23)25-3;1-2/h6,8,16,18-20,24H,4-5,7,9-15,17H2,1-3H3;1-2H3/b8-6-,18-16+;/t19-,20?,22?;/m0./s1. The molecule has 0 heterocycles. The summed E-state index contributed by atoms with van der Waals surface area (Å²) in [5, 5.41) is 10.5. The third-order valence-corrected chi connectivity index (χ3v) is 5.29. The number of aliphatic hydroxyl groups is 1. The molecule has 1 fully saturated rings. The van der Waals surface area contributed by atoms with E-state index in [9.17, 15) is 9.90 Å². The Balaban J connectivity index is 0.00000326. The number of ether oxygens (including phenoxy) is 1. The van der Waals surface area contributed by atoms with Crippen LogP contribution in [0.5, 0.6) is 0 Å². The summed E-state index contributed by atoms with van der Waals surface area (Å²) in [4.78, 5) is 11.1. The third-order valence-electron chi connectivity index (χ3n) is 5.29. The average molecular weight is 381 g/mol. The lowest BCUT2D eigenvalue weighted by Gasteiger charge is -2.21. The number of unbranched alkanes of at least 4 members (excludes halogenated alkanes) is 3. The minimum Gasteiger partial charge on any atom is -0.469 e. The second-order valence-electron chi connectivity index (χ2n) is 7.70. The second kappa shape index (κ2) is 15.9. The average Bonchev–Trinajstić information content (AvgIpc) is 3.12. The van der Waals surface area contributed by atoms with Gasteiger partial charge < -0.3 is 9.84 Å². The molecule has 1 saturated carbocycles. The fourth-order valence-electron chi connectivity index (χ4n) is 3.61. The second-order valence-corrected chi connectivity index (χ2v) is 7.70. The first-order valence-corrected chi connectivity index (χ1v) is 11.1. The first-order chi connectivity index (χ1) is 13.0. The van der Waals surface area contributed by atoms with Crippen LogP contribution in [0, 0.1) is 11.8 Å². The normalized spacial score (nSPS) is 21.9. The molecule has 0 aliphatic heterocycles. The summed E-state index contributed by atoms with van der Waals surface area (Å²) in [7, 11) is 1.44. The van der Waals surface area contributed by atoms with E-state index in [2.05, 4.69) is 29.9 Å². The maximum Gasteiger partial charge on any atom is 0.305 e. The first kappa shape index (κ1) is 25.9. The Morgan fingerprint density at radius 2 is 1.93 bits per heavy atom. The van der Waals surface area contributed by atoms with Crippen LogP contribution in [-0.4, -0.2) is 23.8 Å². The van der Waals surface area contributed by atoms with E-state index >= 15 is 0 Å². The molecule has 0 radical (unpaired) electrons. The van der Waals surface area contributed by atoms with Crippen LogP contribution in [0.4, 0.5) is 0 Å². The van der Waals surface area contributed by atoms with Crippen LogP contribution in [0.15, 0.2) is 24.3 Å². The molecule has 0 aromatic carbocycles. The van der Waals surface area contributed by atoms with E-state index in [1.54, 1.807) is 0 Å². The van der Waals surface area contributed by atoms with Gasteiger partial charge >= 0.3 is 5.97 Å². The molecule has 1 aliphatic carbocycles. The molecule has 27 heavy (non-hydrogen) atoms. The summed E-state index contributed by atoms with van der Waals surface area (Å²) >= 11 is 0. The smallest absolute Gasteiger partial charge is 0.305 e. The molecule has 2 unspecified atom stereocenters. The highest BCUT2D eigenvalue weighted by atomic mass is 16.5. The molecule has 1 rings (SSSR count). The molecule has 3 heteroatoms. The lowest BCUT2D eigenvalue weighted by molar-refractivity contribution is -0.140. The van der Waals surface area contributed by atoms with Crippen LogP contribution in [0.1, 0.15) is 98.3 Å². The Kier molecular flexibility index (Phi) is 15.3. The van der Waals surface area contributed by atoms with Crippen molar-refractivity contribution in [3.63, 3.8) is 0 Å². The van der Waals surface area contributed by atoms with E-state index in [0.717, 1.165) is 32.1 Å². The molecule has 0 aromatic rings. The number of methoxy groups -OCH3 is 1. The molecule has 158 valence electrons. The van der Waals surface area contributed by atoms with E-state index in [-0.39, 0.29) is 5.97 Å². The number of hydrogen-bond donors (Lipinski definition) is 1. The predicted molar refractivity (Wildman–Crippen MR) is 116 cm³/mol. The van der Waals surface area contributed by atoms with Gasteiger partial charge in [0.15, 0.2) is 0 Å². The summed E-state index contributed by atoms with van der Waals surface area (Å²) in [6.07, 6.45) is 20.3. The van der Waals surface area contributed by atoms with Gasteiger partial charge in [-0.15, -0.1) is 0 Å². The van der Waals surface area contributed by atoms with E-state index in [1.807, 2.05) is 26.8 Å². The van der Waals surface area contributed by atoms with Crippen molar-refractivity contribution in [1.82, 2.24) is 0 Å². The molecule has 1 N–H and O–H groups in total. The quantitative estimate of drug-likeness (QED) is 0.235. The van der Waals surface area contributed by atoms with Gasteiger partial charge in [-0.1, -0.05) is 70.8 Å². The molecule has 0 spiro atoms. The van der Waals surface area contributed by atoms with E-state index < -0.39 is 5.60 Å². The van der Waals surface area contributed by atoms with Crippen LogP contribution in [0.3, 0.4) is 0 Å². The van der Waals surface area contributed by atoms with E-state index in [1.165, 1.54) is 39.2 Å². The minimum atomic E-state index is -0.661. The molecular formula is C24H44O3. The summed E-state index contributed by atoms with van der Waals surface area (Å²) < 4.78 is 4.65. The fourth-order valence-corrected chi connectivity index (χ4v) is 3.61. The van der Waals surface area contributed by atoms with E-state index in [4.69, 9.17) is 0 Å². The third kappa shape index (κ3) is 12.8. The lowest BCUT2D eigenvalue weighted by atomic mass is 9.89. The van der Waals surface area contributed by atoms with Crippen molar-refractivity contribution in [1.29, 1.82) is 0 Å². The van der Waals surface area contributed by atoms with Crippen LogP contribution in [-0.2, 0) is 9.53 Å². The zero-order valence-electron chi connectivity index (χ0n) is 18.5. The van der Waals surface area contributed by atoms with Crippen molar-refractivity contribution in [2.24, 2.45) is 11.8 Å². The highest BCUT2D eigenvalue weighted by Crippen LogP contribution is 2.36. The zero-order valence-corrected chi connectivity index (χ0v) is 18.5. The van der Waals surface area contributed by atoms with Gasteiger partial charge in [0, 0.05) is 6.42 Å². The Hall–Kier alpha value is -1.09. The van der Waals surface area contributed by atoms with Crippen molar-refractivity contribution in [2.45, 2.75) is 104 Å². The SMILES string of the molecule is CC.CCCCCC(C)(O)/C=C/C1CCC[C@@H]1C/C=C\CCCC(=O)OC. The summed E-state index contributed by atoms with van der Waals surface area (Å²) in [5.74, 6) is 1.16. The Morgan fingerprint density at radius 3 is 2.59 bits per heavy atom. The number of hydrogen-bond acceptors (Lipinski definition) is 3. The largest absolute Gasteiger partial charge is 0.469 e. The molecule has 1 aliphatic rings. The van der Waals surface area contributed by atoms with Gasteiger partial charge in [0.2, 0.25) is 0 Å². The van der Waals surface area contributed by atoms with Crippen molar-refractivity contribution in [3.8, 4) is 0 Å². The topological polar surface area (TPSA) is 46.5 Å². The maximum atomic E-state index is 11.1. The van der Waals surface area contributed by atoms with Gasteiger partial charge in [0.05, 0.1) is 12.7 Å². The van der Waals surface area contributed by atoms with Crippen LogP contribution >= 0.6 is 0 Å². The maximum absolute atomic E-state index is 11.1. The Bertz CT molecular complexity index is 423. The number of carbonyl (C=O) groups excluding carboxylic acids is 1. The Morgan fingerprint density at radius 1 is 1.19 bits per heavy atom. The fraction of sp³-hybridized carbons (Fsp3) is 0.792. The molecule has 0 amide bonds.